The molecule has 0 aliphatic carbocycles. The third-order valence-corrected chi connectivity index (χ3v) is 4.95. The van der Waals surface area contributed by atoms with E-state index in [-0.39, 0.29) is 5.69 Å². The summed E-state index contributed by atoms with van der Waals surface area (Å²) in [5.74, 6) is -1.99. The van der Waals surface area contributed by atoms with E-state index in [0.29, 0.717) is 17.8 Å². The van der Waals surface area contributed by atoms with Crippen LogP contribution in [0.2, 0.25) is 0 Å². The van der Waals surface area contributed by atoms with Gasteiger partial charge in [0.15, 0.2) is 0 Å². The quantitative estimate of drug-likeness (QED) is 0.505. The smallest absolute Gasteiger partial charge is 0.259 e. The standard InChI is InChI=1S/C21H15F2N3OS/c22-15-9-16(23)11-17(10-15)24-21(27)18-13-26(12-14-5-2-1-3-6-14)25-20(18)19-7-4-8-28-19/h1-11,13H,12H2,(H,24,27). The van der Waals surface area contributed by atoms with Gasteiger partial charge in [0.2, 0.25) is 0 Å². The monoisotopic (exact) mass is 395 g/mol. The number of anilines is 1. The van der Waals surface area contributed by atoms with E-state index in [1.807, 2.05) is 47.8 Å². The number of nitrogens with one attached hydrogen (secondary N) is 1. The summed E-state index contributed by atoms with van der Waals surface area (Å²) in [6, 6.07) is 16.4. The highest BCUT2D eigenvalue weighted by Gasteiger charge is 2.19. The Labute approximate surface area is 164 Å². The van der Waals surface area contributed by atoms with E-state index in [1.54, 1.807) is 10.9 Å². The van der Waals surface area contributed by atoms with E-state index in [9.17, 15) is 13.6 Å². The van der Waals surface area contributed by atoms with Crippen molar-refractivity contribution < 1.29 is 13.6 Å². The van der Waals surface area contributed by atoms with Crippen LogP contribution in [0.4, 0.5) is 14.5 Å². The average Bonchev–Trinajstić information content (AvgIpc) is 3.31. The molecule has 0 aliphatic heterocycles. The molecule has 0 aliphatic rings. The van der Waals surface area contributed by atoms with E-state index < -0.39 is 17.5 Å². The molecule has 0 saturated heterocycles. The lowest BCUT2D eigenvalue weighted by molar-refractivity contribution is 0.102. The van der Waals surface area contributed by atoms with Crippen LogP contribution in [0.1, 0.15) is 15.9 Å². The maximum atomic E-state index is 13.4. The summed E-state index contributed by atoms with van der Waals surface area (Å²) in [5.41, 5.74) is 1.96. The molecule has 0 bridgehead atoms. The fraction of sp³-hybridized carbons (Fsp3) is 0.0476. The normalized spacial score (nSPS) is 10.8. The maximum absolute atomic E-state index is 13.4. The molecule has 0 saturated carbocycles. The fourth-order valence-corrected chi connectivity index (χ4v) is 3.58. The number of benzene rings is 2. The van der Waals surface area contributed by atoms with Gasteiger partial charge in [-0.3, -0.25) is 9.48 Å². The Morgan fingerprint density at radius 3 is 2.46 bits per heavy atom. The second kappa shape index (κ2) is 7.74. The number of carbonyl (C=O) groups is 1. The summed E-state index contributed by atoms with van der Waals surface area (Å²) < 4.78 is 28.5. The van der Waals surface area contributed by atoms with Gasteiger partial charge in [0.25, 0.3) is 5.91 Å². The minimum atomic E-state index is -0.756. The van der Waals surface area contributed by atoms with Crippen molar-refractivity contribution in [2.75, 3.05) is 5.32 Å². The van der Waals surface area contributed by atoms with Gasteiger partial charge in [-0.05, 0) is 29.1 Å². The van der Waals surface area contributed by atoms with Crippen molar-refractivity contribution in [3.8, 4) is 10.6 Å². The zero-order valence-corrected chi connectivity index (χ0v) is 15.4. The van der Waals surface area contributed by atoms with Crippen LogP contribution in [0.15, 0.2) is 72.2 Å². The third kappa shape index (κ3) is 3.99. The van der Waals surface area contributed by atoms with Crippen molar-refractivity contribution in [2.24, 2.45) is 0 Å². The van der Waals surface area contributed by atoms with Crippen molar-refractivity contribution in [3.63, 3.8) is 0 Å². The molecule has 4 aromatic rings. The number of amides is 1. The molecule has 0 atom stereocenters. The number of hydrogen-bond acceptors (Lipinski definition) is 3. The summed E-state index contributed by atoms with van der Waals surface area (Å²) >= 11 is 1.46. The minimum absolute atomic E-state index is 0.0513. The summed E-state index contributed by atoms with van der Waals surface area (Å²) in [7, 11) is 0. The lowest BCUT2D eigenvalue weighted by atomic mass is 10.2. The van der Waals surface area contributed by atoms with Gasteiger partial charge in [0, 0.05) is 18.0 Å². The third-order valence-electron chi connectivity index (χ3n) is 4.07. The second-order valence-corrected chi connectivity index (χ2v) is 7.11. The van der Waals surface area contributed by atoms with Crippen LogP contribution in [0.3, 0.4) is 0 Å². The van der Waals surface area contributed by atoms with Crippen LogP contribution < -0.4 is 5.32 Å². The Morgan fingerprint density at radius 2 is 1.79 bits per heavy atom. The Hall–Kier alpha value is -3.32. The van der Waals surface area contributed by atoms with E-state index >= 15 is 0 Å². The number of halogens is 2. The molecule has 0 unspecified atom stereocenters. The van der Waals surface area contributed by atoms with Crippen molar-refractivity contribution in [1.82, 2.24) is 9.78 Å². The number of nitrogens with zero attached hydrogens (tertiary/aromatic N) is 2. The van der Waals surface area contributed by atoms with Crippen LogP contribution in [0, 0.1) is 11.6 Å². The Bertz CT molecular complexity index is 1090. The van der Waals surface area contributed by atoms with Gasteiger partial charge in [0.1, 0.15) is 17.3 Å². The zero-order valence-electron chi connectivity index (χ0n) is 14.6. The molecular weight excluding hydrogens is 380 g/mol. The van der Waals surface area contributed by atoms with Gasteiger partial charge in [-0.2, -0.15) is 5.10 Å². The van der Waals surface area contributed by atoms with Crippen molar-refractivity contribution in [3.05, 3.63) is 95.0 Å². The number of rotatable bonds is 5. The molecule has 140 valence electrons. The Morgan fingerprint density at radius 1 is 1.04 bits per heavy atom. The van der Waals surface area contributed by atoms with E-state index in [0.717, 1.165) is 28.6 Å². The lowest BCUT2D eigenvalue weighted by Gasteiger charge is -2.05. The first-order valence-corrected chi connectivity index (χ1v) is 9.39. The topological polar surface area (TPSA) is 46.9 Å². The van der Waals surface area contributed by atoms with Crippen LogP contribution >= 0.6 is 11.3 Å². The highest BCUT2D eigenvalue weighted by molar-refractivity contribution is 7.13. The highest BCUT2D eigenvalue weighted by Crippen LogP contribution is 2.28. The molecule has 2 aromatic heterocycles. The largest absolute Gasteiger partial charge is 0.322 e. The zero-order chi connectivity index (χ0) is 19.5. The maximum Gasteiger partial charge on any atom is 0.259 e. The van der Waals surface area contributed by atoms with E-state index in [1.165, 1.54) is 11.3 Å². The van der Waals surface area contributed by atoms with Crippen LogP contribution in [-0.2, 0) is 6.54 Å². The highest BCUT2D eigenvalue weighted by atomic mass is 32.1. The molecule has 2 aromatic carbocycles. The summed E-state index contributed by atoms with van der Waals surface area (Å²) in [6.07, 6.45) is 1.65. The molecular formula is C21H15F2N3OS. The molecule has 1 amide bonds. The minimum Gasteiger partial charge on any atom is -0.322 e. The fourth-order valence-electron chi connectivity index (χ4n) is 2.86. The number of carbonyl (C=O) groups excluding carboxylic acids is 1. The average molecular weight is 395 g/mol. The molecule has 0 radical (unpaired) electrons. The molecule has 4 nitrogen and oxygen atoms in total. The Balaban J connectivity index is 1.67. The van der Waals surface area contributed by atoms with Gasteiger partial charge in [-0.25, -0.2) is 8.78 Å². The number of aromatic nitrogens is 2. The van der Waals surface area contributed by atoms with Crippen molar-refractivity contribution in [1.29, 1.82) is 0 Å². The van der Waals surface area contributed by atoms with Crippen LogP contribution in [-0.4, -0.2) is 15.7 Å². The first kappa shape index (κ1) is 18.1. The van der Waals surface area contributed by atoms with Gasteiger partial charge < -0.3 is 5.32 Å². The molecule has 7 heteroatoms. The first-order valence-electron chi connectivity index (χ1n) is 8.51. The summed E-state index contributed by atoms with van der Waals surface area (Å²) in [5, 5.41) is 9.01. The molecule has 4 rings (SSSR count). The predicted octanol–water partition coefficient (Wildman–Crippen LogP) is 5.19. The van der Waals surface area contributed by atoms with Gasteiger partial charge in [0.05, 0.1) is 17.0 Å². The van der Waals surface area contributed by atoms with Crippen LogP contribution in [0.25, 0.3) is 10.6 Å². The van der Waals surface area contributed by atoms with E-state index in [4.69, 9.17) is 0 Å². The molecule has 0 spiro atoms. The predicted molar refractivity (Wildman–Crippen MR) is 105 cm³/mol. The summed E-state index contributed by atoms with van der Waals surface area (Å²) in [4.78, 5) is 13.6. The Kier molecular flexibility index (Phi) is 4.99. The van der Waals surface area contributed by atoms with E-state index in [2.05, 4.69) is 10.4 Å². The summed E-state index contributed by atoms with van der Waals surface area (Å²) in [6.45, 7) is 0.501. The molecule has 0 fully saturated rings. The van der Waals surface area contributed by atoms with Crippen LogP contribution in [0.5, 0.6) is 0 Å². The van der Waals surface area contributed by atoms with Crippen molar-refractivity contribution in [2.45, 2.75) is 6.54 Å². The second-order valence-electron chi connectivity index (χ2n) is 6.16. The molecule has 28 heavy (non-hydrogen) atoms. The first-order chi connectivity index (χ1) is 13.6. The van der Waals surface area contributed by atoms with Gasteiger partial charge >= 0.3 is 0 Å². The van der Waals surface area contributed by atoms with Gasteiger partial charge in [-0.1, -0.05) is 36.4 Å². The molecule has 2 heterocycles. The van der Waals surface area contributed by atoms with Crippen molar-refractivity contribution >= 4 is 22.9 Å². The number of hydrogen-bond donors (Lipinski definition) is 1. The number of thiophene rings is 1. The lowest BCUT2D eigenvalue weighted by Crippen LogP contribution is -2.12. The van der Waals surface area contributed by atoms with Gasteiger partial charge in [-0.15, -0.1) is 11.3 Å². The molecule has 1 N–H and O–H groups in total. The SMILES string of the molecule is O=C(Nc1cc(F)cc(F)c1)c1cn(Cc2ccccc2)nc1-c1cccs1.